The number of nitrogens with one attached hydrogen (secondary N) is 1. The lowest BCUT2D eigenvalue weighted by molar-refractivity contribution is -0.121. The average Bonchev–Trinajstić information content (AvgIpc) is 3.39. The van der Waals surface area contributed by atoms with Gasteiger partial charge >= 0.3 is 0 Å². The number of ether oxygens (including phenoxy) is 2. The zero-order chi connectivity index (χ0) is 19.3. The minimum Gasteiger partial charge on any atom is -0.454 e. The zero-order valence-corrected chi connectivity index (χ0v) is 15.8. The molecule has 2 heterocycles. The molecular weight excluding hydrogens is 354 g/mol. The molecule has 1 aliphatic heterocycles. The van der Waals surface area contributed by atoms with Crippen LogP contribution in [0.3, 0.4) is 0 Å². The quantitative estimate of drug-likeness (QED) is 0.685. The SMILES string of the molecule is CCn1cc(CNC(=O)C[C@H](c2ccccc2)c2ccc3c(c2)OCO3)cn1. The van der Waals surface area contributed by atoms with Crippen LogP contribution in [0, 0.1) is 0 Å². The molecule has 6 nitrogen and oxygen atoms in total. The van der Waals surface area contributed by atoms with Crippen molar-refractivity contribution in [3.8, 4) is 11.5 Å². The predicted octanol–water partition coefficient (Wildman–Crippen LogP) is 3.47. The van der Waals surface area contributed by atoms with Crippen LogP contribution in [0.5, 0.6) is 11.5 Å². The van der Waals surface area contributed by atoms with Crippen molar-refractivity contribution in [2.45, 2.75) is 32.4 Å². The Kier molecular flexibility index (Phi) is 5.28. The van der Waals surface area contributed by atoms with E-state index in [1.807, 2.05) is 66.3 Å². The highest BCUT2D eigenvalue weighted by Gasteiger charge is 2.22. The summed E-state index contributed by atoms with van der Waals surface area (Å²) in [5, 5.41) is 7.25. The molecule has 28 heavy (non-hydrogen) atoms. The number of benzene rings is 2. The van der Waals surface area contributed by atoms with E-state index in [0.29, 0.717) is 13.0 Å². The fourth-order valence-corrected chi connectivity index (χ4v) is 3.37. The summed E-state index contributed by atoms with van der Waals surface area (Å²) in [6.07, 6.45) is 4.09. The molecule has 0 radical (unpaired) electrons. The number of aromatic nitrogens is 2. The molecule has 1 amide bonds. The van der Waals surface area contributed by atoms with Gasteiger partial charge in [-0.3, -0.25) is 9.48 Å². The zero-order valence-electron chi connectivity index (χ0n) is 15.8. The lowest BCUT2D eigenvalue weighted by Gasteiger charge is -2.18. The maximum absolute atomic E-state index is 12.7. The largest absolute Gasteiger partial charge is 0.454 e. The summed E-state index contributed by atoms with van der Waals surface area (Å²) in [5.41, 5.74) is 3.12. The Morgan fingerprint density at radius 3 is 2.75 bits per heavy atom. The van der Waals surface area contributed by atoms with Crippen LogP contribution in [0.2, 0.25) is 0 Å². The Morgan fingerprint density at radius 2 is 1.96 bits per heavy atom. The number of rotatable bonds is 7. The number of aryl methyl sites for hydroxylation is 1. The normalized spacial score (nSPS) is 13.3. The topological polar surface area (TPSA) is 65.4 Å². The molecule has 1 atom stereocenters. The lowest BCUT2D eigenvalue weighted by Crippen LogP contribution is -2.24. The molecule has 0 bridgehead atoms. The average molecular weight is 377 g/mol. The summed E-state index contributed by atoms with van der Waals surface area (Å²) < 4.78 is 12.8. The van der Waals surface area contributed by atoms with Gasteiger partial charge in [0.1, 0.15) is 0 Å². The molecule has 2 aromatic carbocycles. The number of carbonyl (C=O) groups excluding carboxylic acids is 1. The van der Waals surface area contributed by atoms with Gasteiger partial charge in [-0.2, -0.15) is 5.10 Å². The van der Waals surface area contributed by atoms with Crippen LogP contribution >= 0.6 is 0 Å². The molecule has 0 spiro atoms. The van der Waals surface area contributed by atoms with E-state index in [9.17, 15) is 4.79 Å². The fraction of sp³-hybridized carbons (Fsp3) is 0.273. The molecule has 0 saturated carbocycles. The van der Waals surface area contributed by atoms with Gasteiger partial charge in [0.15, 0.2) is 11.5 Å². The highest BCUT2D eigenvalue weighted by Crippen LogP contribution is 2.37. The Hall–Kier alpha value is -3.28. The van der Waals surface area contributed by atoms with Gasteiger partial charge in [-0.05, 0) is 30.2 Å². The Labute approximate surface area is 164 Å². The number of hydrogen-bond acceptors (Lipinski definition) is 4. The van der Waals surface area contributed by atoms with Gasteiger partial charge in [-0.15, -0.1) is 0 Å². The maximum Gasteiger partial charge on any atom is 0.231 e. The molecule has 1 aliphatic rings. The van der Waals surface area contributed by atoms with Gasteiger partial charge < -0.3 is 14.8 Å². The number of nitrogens with zero attached hydrogens (tertiary/aromatic N) is 2. The number of hydrogen-bond donors (Lipinski definition) is 1. The monoisotopic (exact) mass is 377 g/mol. The van der Waals surface area contributed by atoms with Crippen molar-refractivity contribution < 1.29 is 14.3 Å². The summed E-state index contributed by atoms with van der Waals surface area (Å²) in [5.74, 6) is 1.41. The summed E-state index contributed by atoms with van der Waals surface area (Å²) in [6.45, 7) is 3.56. The second-order valence-electron chi connectivity index (χ2n) is 6.76. The van der Waals surface area contributed by atoms with Gasteiger partial charge in [-0.1, -0.05) is 36.4 Å². The van der Waals surface area contributed by atoms with Crippen molar-refractivity contribution in [1.29, 1.82) is 0 Å². The van der Waals surface area contributed by atoms with Gasteiger partial charge in [0.25, 0.3) is 0 Å². The minimum absolute atomic E-state index is 0.00392. The first-order chi connectivity index (χ1) is 13.7. The second-order valence-corrected chi connectivity index (χ2v) is 6.76. The summed E-state index contributed by atoms with van der Waals surface area (Å²) in [4.78, 5) is 12.7. The van der Waals surface area contributed by atoms with Crippen molar-refractivity contribution in [3.63, 3.8) is 0 Å². The lowest BCUT2D eigenvalue weighted by atomic mass is 9.88. The van der Waals surface area contributed by atoms with Gasteiger partial charge in [0, 0.05) is 37.2 Å². The van der Waals surface area contributed by atoms with E-state index in [0.717, 1.165) is 34.7 Å². The van der Waals surface area contributed by atoms with Gasteiger partial charge in [0.2, 0.25) is 12.7 Å². The first-order valence-electron chi connectivity index (χ1n) is 9.45. The van der Waals surface area contributed by atoms with Crippen LogP contribution in [0.4, 0.5) is 0 Å². The fourth-order valence-electron chi connectivity index (χ4n) is 3.37. The van der Waals surface area contributed by atoms with Crippen LogP contribution in [0.1, 0.15) is 36.0 Å². The van der Waals surface area contributed by atoms with Gasteiger partial charge in [-0.25, -0.2) is 0 Å². The van der Waals surface area contributed by atoms with E-state index in [1.54, 1.807) is 6.20 Å². The number of fused-ring (bicyclic) bond motifs is 1. The number of amides is 1. The third-order valence-electron chi connectivity index (χ3n) is 4.89. The predicted molar refractivity (Wildman–Crippen MR) is 105 cm³/mol. The molecule has 6 heteroatoms. The standard InChI is InChI=1S/C22H23N3O3/c1-2-25-14-16(13-24-25)12-23-22(26)11-19(17-6-4-3-5-7-17)18-8-9-20-21(10-18)28-15-27-20/h3-10,13-14,19H,2,11-12,15H2,1H3,(H,23,26)/t19-/m1/s1. The van der Waals surface area contributed by atoms with Crippen molar-refractivity contribution in [2.24, 2.45) is 0 Å². The Morgan fingerprint density at radius 1 is 1.14 bits per heavy atom. The molecule has 1 N–H and O–H groups in total. The van der Waals surface area contributed by atoms with Crippen LogP contribution in [0.15, 0.2) is 60.9 Å². The first kappa shape index (κ1) is 18.1. The second kappa shape index (κ2) is 8.17. The van der Waals surface area contributed by atoms with E-state index in [2.05, 4.69) is 10.4 Å². The van der Waals surface area contributed by atoms with Crippen LogP contribution in [-0.2, 0) is 17.9 Å². The van der Waals surface area contributed by atoms with Crippen molar-refractivity contribution in [1.82, 2.24) is 15.1 Å². The molecule has 0 aliphatic carbocycles. The van der Waals surface area contributed by atoms with E-state index in [-0.39, 0.29) is 18.6 Å². The molecule has 0 unspecified atom stereocenters. The van der Waals surface area contributed by atoms with Crippen LogP contribution in [-0.4, -0.2) is 22.5 Å². The van der Waals surface area contributed by atoms with E-state index in [4.69, 9.17) is 9.47 Å². The van der Waals surface area contributed by atoms with E-state index in [1.165, 1.54) is 0 Å². The van der Waals surface area contributed by atoms with Crippen LogP contribution in [0.25, 0.3) is 0 Å². The number of carbonyl (C=O) groups is 1. The minimum atomic E-state index is -0.0611. The van der Waals surface area contributed by atoms with E-state index < -0.39 is 0 Å². The third kappa shape index (κ3) is 4.01. The summed E-state index contributed by atoms with van der Waals surface area (Å²) in [6, 6.07) is 15.9. The molecule has 4 rings (SSSR count). The molecule has 0 fully saturated rings. The van der Waals surface area contributed by atoms with Gasteiger partial charge in [0.05, 0.1) is 6.20 Å². The van der Waals surface area contributed by atoms with Crippen molar-refractivity contribution in [3.05, 3.63) is 77.6 Å². The van der Waals surface area contributed by atoms with Crippen molar-refractivity contribution >= 4 is 5.91 Å². The van der Waals surface area contributed by atoms with Crippen molar-refractivity contribution in [2.75, 3.05) is 6.79 Å². The molecule has 3 aromatic rings. The molecule has 144 valence electrons. The highest BCUT2D eigenvalue weighted by atomic mass is 16.7. The molecule has 0 saturated heterocycles. The first-order valence-corrected chi connectivity index (χ1v) is 9.45. The smallest absolute Gasteiger partial charge is 0.231 e. The third-order valence-corrected chi connectivity index (χ3v) is 4.89. The molecular formula is C22H23N3O3. The Balaban J connectivity index is 1.50. The van der Waals surface area contributed by atoms with E-state index >= 15 is 0 Å². The van der Waals surface area contributed by atoms with Crippen LogP contribution < -0.4 is 14.8 Å². The summed E-state index contributed by atoms with van der Waals surface area (Å²) in [7, 11) is 0. The summed E-state index contributed by atoms with van der Waals surface area (Å²) >= 11 is 0. The molecule has 1 aromatic heterocycles. The Bertz CT molecular complexity index is 953. The highest BCUT2D eigenvalue weighted by molar-refractivity contribution is 5.77. The maximum atomic E-state index is 12.7.